The average molecular weight is 427 g/mol. The SMILES string of the molecule is CCCc1c(CCCOC(=O)C(C)c2ccccc2)coc2c(-c3ccccc3)ccc1-2. The highest BCUT2D eigenvalue weighted by Crippen LogP contribution is 2.39. The molecule has 0 saturated carbocycles. The minimum Gasteiger partial charge on any atom is -0.465 e. The molecule has 0 bridgehead atoms. The minimum absolute atomic E-state index is 0.173. The van der Waals surface area contributed by atoms with Crippen molar-refractivity contribution in [1.29, 1.82) is 0 Å². The van der Waals surface area contributed by atoms with Crippen molar-refractivity contribution in [3.8, 4) is 22.5 Å². The summed E-state index contributed by atoms with van der Waals surface area (Å²) in [7, 11) is 0. The maximum atomic E-state index is 12.4. The molecule has 0 aromatic heterocycles. The molecule has 2 aromatic carbocycles. The van der Waals surface area contributed by atoms with Crippen molar-refractivity contribution in [2.24, 2.45) is 0 Å². The molecule has 3 nitrogen and oxygen atoms in total. The smallest absolute Gasteiger partial charge is 0.313 e. The van der Waals surface area contributed by atoms with Crippen molar-refractivity contribution in [2.75, 3.05) is 6.61 Å². The topological polar surface area (TPSA) is 39.4 Å². The maximum Gasteiger partial charge on any atom is 0.313 e. The van der Waals surface area contributed by atoms with Crippen LogP contribution in [0.1, 0.15) is 49.3 Å². The lowest BCUT2D eigenvalue weighted by Crippen LogP contribution is -2.14. The predicted octanol–water partition coefficient (Wildman–Crippen LogP) is 7.28. The van der Waals surface area contributed by atoms with E-state index in [1.54, 1.807) is 0 Å². The van der Waals surface area contributed by atoms with E-state index in [4.69, 9.17) is 9.15 Å². The van der Waals surface area contributed by atoms with Gasteiger partial charge in [-0.25, -0.2) is 0 Å². The predicted molar refractivity (Wildman–Crippen MR) is 129 cm³/mol. The average Bonchev–Trinajstić information content (AvgIpc) is 3.28. The Balaban J connectivity index is 1.43. The highest BCUT2D eigenvalue weighted by atomic mass is 16.5. The first-order valence-corrected chi connectivity index (χ1v) is 11.5. The highest BCUT2D eigenvalue weighted by molar-refractivity contribution is 5.84. The Kier molecular flexibility index (Phi) is 7.06. The summed E-state index contributed by atoms with van der Waals surface area (Å²) < 4.78 is 11.7. The second-order valence-corrected chi connectivity index (χ2v) is 8.25. The first-order valence-electron chi connectivity index (χ1n) is 11.5. The van der Waals surface area contributed by atoms with Gasteiger partial charge in [0.1, 0.15) is 5.76 Å². The van der Waals surface area contributed by atoms with E-state index in [1.807, 2.05) is 49.6 Å². The molecule has 0 fully saturated rings. The van der Waals surface area contributed by atoms with Crippen LogP contribution >= 0.6 is 0 Å². The van der Waals surface area contributed by atoms with E-state index in [-0.39, 0.29) is 11.9 Å². The summed E-state index contributed by atoms with van der Waals surface area (Å²) in [6.45, 7) is 4.51. The van der Waals surface area contributed by atoms with Crippen LogP contribution in [-0.4, -0.2) is 12.6 Å². The lowest BCUT2D eigenvalue weighted by molar-refractivity contribution is -0.145. The van der Waals surface area contributed by atoms with Crippen LogP contribution in [0.4, 0.5) is 0 Å². The summed E-state index contributed by atoms with van der Waals surface area (Å²) in [5.74, 6) is 0.527. The van der Waals surface area contributed by atoms with Crippen LogP contribution in [0, 0.1) is 0 Å². The van der Waals surface area contributed by atoms with Crippen molar-refractivity contribution < 1.29 is 13.9 Å². The number of benzene rings is 2. The number of fused-ring (bicyclic) bond motifs is 1. The number of carbonyl (C=O) groups excluding carboxylic acids is 1. The highest BCUT2D eigenvalue weighted by Gasteiger charge is 2.20. The second-order valence-electron chi connectivity index (χ2n) is 8.25. The summed E-state index contributed by atoms with van der Waals surface area (Å²) in [6, 6.07) is 24.5. The molecule has 164 valence electrons. The largest absolute Gasteiger partial charge is 0.465 e. The number of rotatable bonds is 9. The molecule has 1 aliphatic heterocycles. The zero-order valence-electron chi connectivity index (χ0n) is 18.8. The van der Waals surface area contributed by atoms with Crippen molar-refractivity contribution >= 4 is 5.97 Å². The summed E-state index contributed by atoms with van der Waals surface area (Å²) in [5.41, 5.74) is 7.03. The van der Waals surface area contributed by atoms with Gasteiger partial charge in [-0.15, -0.1) is 0 Å². The van der Waals surface area contributed by atoms with E-state index in [2.05, 4.69) is 43.3 Å². The fourth-order valence-corrected chi connectivity index (χ4v) is 4.24. The van der Waals surface area contributed by atoms with Crippen LogP contribution in [0.2, 0.25) is 0 Å². The summed E-state index contributed by atoms with van der Waals surface area (Å²) in [4.78, 5) is 12.4. The molecule has 2 aromatic rings. The Labute approximate surface area is 190 Å². The van der Waals surface area contributed by atoms with Gasteiger partial charge < -0.3 is 9.15 Å². The van der Waals surface area contributed by atoms with E-state index < -0.39 is 0 Å². The lowest BCUT2D eigenvalue weighted by Gasteiger charge is -2.15. The Morgan fingerprint density at radius 2 is 1.59 bits per heavy atom. The van der Waals surface area contributed by atoms with E-state index in [0.29, 0.717) is 6.61 Å². The Morgan fingerprint density at radius 3 is 2.31 bits per heavy atom. The molecule has 0 N–H and O–H groups in total. The molecule has 0 amide bonds. The number of aryl methyl sites for hydroxylation is 1. The molecule has 1 aliphatic carbocycles. The van der Waals surface area contributed by atoms with Gasteiger partial charge in [0, 0.05) is 11.1 Å². The quantitative estimate of drug-likeness (QED) is 0.208. The second kappa shape index (κ2) is 10.3. The lowest BCUT2D eigenvalue weighted by atomic mass is 9.95. The summed E-state index contributed by atoms with van der Waals surface area (Å²) in [5, 5.41) is 0. The van der Waals surface area contributed by atoms with Gasteiger partial charge in [0.15, 0.2) is 0 Å². The molecule has 32 heavy (non-hydrogen) atoms. The van der Waals surface area contributed by atoms with Crippen LogP contribution in [0.15, 0.2) is 83.5 Å². The number of carbonyl (C=O) groups is 1. The zero-order valence-corrected chi connectivity index (χ0v) is 18.8. The normalized spacial score (nSPS) is 12.1. The molecule has 1 heterocycles. The van der Waals surface area contributed by atoms with Crippen LogP contribution in [0.3, 0.4) is 0 Å². The van der Waals surface area contributed by atoms with Gasteiger partial charge in [0.25, 0.3) is 0 Å². The van der Waals surface area contributed by atoms with Crippen LogP contribution < -0.4 is 0 Å². The van der Waals surface area contributed by atoms with Crippen LogP contribution in [-0.2, 0) is 22.4 Å². The van der Waals surface area contributed by atoms with Gasteiger partial charge in [-0.3, -0.25) is 4.79 Å². The molecule has 1 unspecified atom stereocenters. The van der Waals surface area contributed by atoms with Crippen LogP contribution in [0.5, 0.6) is 0 Å². The van der Waals surface area contributed by atoms with E-state index in [0.717, 1.165) is 42.6 Å². The number of ether oxygens (including phenoxy) is 1. The third kappa shape index (κ3) is 4.77. The van der Waals surface area contributed by atoms with Gasteiger partial charge in [0.2, 0.25) is 0 Å². The molecule has 1 atom stereocenters. The van der Waals surface area contributed by atoms with Gasteiger partial charge in [0.05, 0.1) is 18.8 Å². The first kappa shape index (κ1) is 21.9. The third-order valence-corrected chi connectivity index (χ3v) is 6.01. The third-order valence-electron chi connectivity index (χ3n) is 6.01. The Hall–Kier alpha value is -3.33. The van der Waals surface area contributed by atoms with Gasteiger partial charge in [-0.1, -0.05) is 80.1 Å². The molecule has 0 spiro atoms. The molecule has 4 rings (SSSR count). The summed E-state index contributed by atoms with van der Waals surface area (Å²) >= 11 is 0. The van der Waals surface area contributed by atoms with E-state index in [9.17, 15) is 4.79 Å². The Bertz CT molecular complexity index is 1110. The van der Waals surface area contributed by atoms with Gasteiger partial charge in [-0.05, 0) is 54.5 Å². The van der Waals surface area contributed by atoms with Crippen molar-refractivity contribution in [3.05, 3.63) is 95.7 Å². The van der Waals surface area contributed by atoms with Gasteiger partial charge in [-0.2, -0.15) is 0 Å². The minimum atomic E-state index is -0.251. The standard InChI is InChI=1S/C29H30O3/c1-3-11-25-24(16-10-19-31-29(30)21(2)22-12-6-4-7-13-22)20-32-28-26(17-18-27(25)28)23-14-8-5-9-15-23/h4-9,12-15,17-18,20-21H,3,10-11,16,19H2,1-2H3. The monoisotopic (exact) mass is 426 g/mol. The molecular weight excluding hydrogens is 396 g/mol. The fraction of sp³-hybridized carbons (Fsp3) is 0.276. The number of hydrogen-bond donors (Lipinski definition) is 0. The van der Waals surface area contributed by atoms with Crippen molar-refractivity contribution in [1.82, 2.24) is 0 Å². The van der Waals surface area contributed by atoms with E-state index >= 15 is 0 Å². The van der Waals surface area contributed by atoms with Crippen molar-refractivity contribution in [2.45, 2.75) is 45.4 Å². The molecule has 2 aliphatic rings. The number of esters is 1. The molecule has 3 heteroatoms. The van der Waals surface area contributed by atoms with Crippen molar-refractivity contribution in [3.63, 3.8) is 0 Å². The van der Waals surface area contributed by atoms with Gasteiger partial charge >= 0.3 is 5.97 Å². The Morgan fingerprint density at radius 1 is 0.906 bits per heavy atom. The van der Waals surface area contributed by atoms with Crippen LogP contribution in [0.25, 0.3) is 22.5 Å². The maximum absolute atomic E-state index is 12.4. The zero-order chi connectivity index (χ0) is 22.3. The number of hydrogen-bond acceptors (Lipinski definition) is 3. The molecular formula is C29H30O3. The van der Waals surface area contributed by atoms with E-state index in [1.165, 1.54) is 22.3 Å². The molecule has 0 radical (unpaired) electrons. The fourth-order valence-electron chi connectivity index (χ4n) is 4.24. The summed E-state index contributed by atoms with van der Waals surface area (Å²) in [6.07, 6.45) is 5.58. The first-order chi connectivity index (χ1) is 15.7. The molecule has 0 saturated heterocycles.